The summed E-state index contributed by atoms with van der Waals surface area (Å²) in [5.41, 5.74) is -2.70. The Labute approximate surface area is 200 Å². The molecule has 4 rings (SSSR count). The summed E-state index contributed by atoms with van der Waals surface area (Å²) in [6.45, 7) is 3.85. The van der Waals surface area contributed by atoms with Crippen LogP contribution in [0.25, 0.3) is 0 Å². The van der Waals surface area contributed by atoms with E-state index in [0.717, 1.165) is 18.6 Å². The number of aromatic nitrogens is 1. The molecular formula is C25H26F2N2O6. The van der Waals surface area contributed by atoms with Crippen molar-refractivity contribution < 1.29 is 32.6 Å². The number of amides is 1. The number of hydrogen-bond acceptors (Lipinski definition) is 6. The third-order valence-electron chi connectivity index (χ3n) is 6.99. The number of fused-ring (bicyclic) bond motifs is 1. The van der Waals surface area contributed by atoms with Gasteiger partial charge in [0.05, 0.1) is 31.2 Å². The molecule has 0 radical (unpaired) electrons. The van der Waals surface area contributed by atoms with Gasteiger partial charge in [0.15, 0.2) is 17.3 Å². The molecule has 1 unspecified atom stereocenters. The molecule has 0 aliphatic carbocycles. The number of benzene rings is 1. The first-order chi connectivity index (χ1) is 16.5. The third kappa shape index (κ3) is 4.16. The van der Waals surface area contributed by atoms with Crippen LogP contribution in [0.3, 0.4) is 0 Å². The van der Waals surface area contributed by atoms with Gasteiger partial charge in [-0.15, -0.1) is 0 Å². The first kappa shape index (κ1) is 24.7. The smallest absolute Gasteiger partial charge is 0.257 e. The average molecular weight is 488 g/mol. The van der Waals surface area contributed by atoms with Crippen molar-refractivity contribution in [1.82, 2.24) is 9.88 Å². The summed E-state index contributed by atoms with van der Waals surface area (Å²) in [4.78, 5) is 51.6. The van der Waals surface area contributed by atoms with Gasteiger partial charge < -0.3 is 19.4 Å². The van der Waals surface area contributed by atoms with Crippen LogP contribution in [0.2, 0.25) is 0 Å². The van der Waals surface area contributed by atoms with Crippen LogP contribution in [-0.2, 0) is 22.5 Å². The van der Waals surface area contributed by atoms with Crippen molar-refractivity contribution in [3.8, 4) is 5.75 Å². The van der Waals surface area contributed by atoms with Crippen LogP contribution in [0.1, 0.15) is 53.1 Å². The monoisotopic (exact) mass is 488 g/mol. The van der Waals surface area contributed by atoms with Crippen molar-refractivity contribution >= 4 is 17.5 Å². The molecule has 0 bridgehead atoms. The Bertz CT molecular complexity index is 1280. The summed E-state index contributed by atoms with van der Waals surface area (Å²) in [5, 5.41) is 2.37. The number of ether oxygens (including phenoxy) is 2. The summed E-state index contributed by atoms with van der Waals surface area (Å²) in [7, 11) is 1.25. The minimum atomic E-state index is -0.908. The molecule has 1 aromatic heterocycles. The number of carbonyl (C=O) groups excluding carboxylic acids is 3. The molecule has 1 atom stereocenters. The summed E-state index contributed by atoms with van der Waals surface area (Å²) in [6.07, 6.45) is 2.36. The highest BCUT2D eigenvalue weighted by atomic mass is 19.1. The quantitative estimate of drug-likeness (QED) is 0.670. The summed E-state index contributed by atoms with van der Waals surface area (Å²) < 4.78 is 39.7. The number of carbonyl (C=O) groups is 3. The number of halogens is 2. The van der Waals surface area contributed by atoms with Crippen molar-refractivity contribution in [3.63, 3.8) is 0 Å². The van der Waals surface area contributed by atoms with E-state index in [9.17, 15) is 28.0 Å². The third-order valence-corrected chi connectivity index (χ3v) is 6.99. The summed E-state index contributed by atoms with van der Waals surface area (Å²) >= 11 is 0. The number of ketones is 2. The van der Waals surface area contributed by atoms with Crippen molar-refractivity contribution in [1.29, 1.82) is 0 Å². The lowest BCUT2D eigenvalue weighted by Crippen LogP contribution is -2.57. The highest BCUT2D eigenvalue weighted by Crippen LogP contribution is 2.48. The second-order valence-electron chi connectivity index (χ2n) is 9.42. The van der Waals surface area contributed by atoms with Gasteiger partial charge >= 0.3 is 0 Å². The Morgan fingerprint density at radius 3 is 2.60 bits per heavy atom. The fraction of sp³-hybridized carbons (Fsp3) is 0.440. The lowest BCUT2D eigenvalue weighted by Gasteiger charge is -2.47. The Morgan fingerprint density at radius 2 is 1.97 bits per heavy atom. The van der Waals surface area contributed by atoms with E-state index in [1.54, 1.807) is 13.8 Å². The second-order valence-corrected chi connectivity index (χ2v) is 9.42. The van der Waals surface area contributed by atoms with Gasteiger partial charge in [0, 0.05) is 25.3 Å². The van der Waals surface area contributed by atoms with E-state index >= 15 is 0 Å². The number of Topliss-reactive ketones (excluding diaryl/α,β-unsaturated/α-hetero) is 2. The Kier molecular flexibility index (Phi) is 6.35. The molecule has 1 amide bonds. The lowest BCUT2D eigenvalue weighted by atomic mass is 9.67. The van der Waals surface area contributed by atoms with Crippen LogP contribution in [-0.4, -0.2) is 47.9 Å². The van der Waals surface area contributed by atoms with Gasteiger partial charge in [-0.05, 0) is 38.3 Å². The number of hydrogen-bond donors (Lipinski definition) is 1. The minimum absolute atomic E-state index is 0.0100. The molecule has 0 saturated carbocycles. The zero-order valence-electron chi connectivity index (χ0n) is 19.7. The predicted molar refractivity (Wildman–Crippen MR) is 121 cm³/mol. The maximum Gasteiger partial charge on any atom is 0.257 e. The molecule has 35 heavy (non-hydrogen) atoms. The number of methoxy groups -OCH3 is 1. The average Bonchev–Trinajstić information content (AvgIpc) is 3.28. The van der Waals surface area contributed by atoms with E-state index in [0.29, 0.717) is 19.1 Å². The minimum Gasteiger partial charge on any atom is -0.491 e. The fourth-order valence-electron chi connectivity index (χ4n) is 4.85. The molecule has 8 nitrogen and oxygen atoms in total. The maximum absolute atomic E-state index is 13.8. The van der Waals surface area contributed by atoms with Gasteiger partial charge in [-0.25, -0.2) is 8.78 Å². The van der Waals surface area contributed by atoms with Crippen LogP contribution in [0, 0.1) is 17.0 Å². The van der Waals surface area contributed by atoms with Crippen molar-refractivity contribution in [2.24, 2.45) is 5.41 Å². The molecular weight excluding hydrogens is 462 g/mol. The SMILES string of the molecule is COc1c2n(cc(C(=O)NCC(=O)Cc3ccc(F)cc3F)c1=O)CC1(CCCO1)C(C)(C)C2=O. The number of pyridine rings is 1. The van der Waals surface area contributed by atoms with E-state index in [1.165, 1.54) is 17.9 Å². The maximum atomic E-state index is 13.8. The van der Waals surface area contributed by atoms with E-state index in [-0.39, 0.29) is 41.3 Å². The van der Waals surface area contributed by atoms with E-state index in [4.69, 9.17) is 9.47 Å². The van der Waals surface area contributed by atoms with Crippen LogP contribution in [0.5, 0.6) is 5.75 Å². The Morgan fingerprint density at radius 1 is 1.23 bits per heavy atom. The zero-order chi connectivity index (χ0) is 25.5. The number of nitrogens with one attached hydrogen (secondary N) is 1. The predicted octanol–water partition coefficient (Wildman–Crippen LogP) is 2.45. The molecule has 3 heterocycles. The molecule has 1 spiro atoms. The standard InChI is InChI=1S/C25H26F2N2O6/c1-24(2)22(32)19-21(34-3)20(31)17(12-29(19)13-25(24)7-4-8-35-25)23(33)28-11-16(30)9-14-5-6-15(26)10-18(14)27/h5-6,10,12H,4,7-9,11,13H2,1-3H3,(H,28,33). The molecule has 1 aromatic carbocycles. The van der Waals surface area contributed by atoms with Crippen molar-refractivity contribution in [2.45, 2.75) is 45.3 Å². The Balaban J connectivity index is 1.59. The van der Waals surface area contributed by atoms with Gasteiger partial charge in [-0.3, -0.25) is 19.2 Å². The highest BCUT2D eigenvalue weighted by Gasteiger charge is 2.57. The fourth-order valence-corrected chi connectivity index (χ4v) is 4.85. The number of rotatable bonds is 6. The van der Waals surface area contributed by atoms with Gasteiger partial charge in [-0.1, -0.05) is 6.07 Å². The molecule has 1 fully saturated rings. The molecule has 1 N–H and O–H groups in total. The largest absolute Gasteiger partial charge is 0.491 e. The second kappa shape index (κ2) is 8.99. The van der Waals surface area contributed by atoms with E-state index in [2.05, 4.69) is 5.32 Å². The van der Waals surface area contributed by atoms with Crippen molar-refractivity contribution in [2.75, 3.05) is 20.3 Å². The van der Waals surface area contributed by atoms with Gasteiger partial charge in [0.2, 0.25) is 5.43 Å². The van der Waals surface area contributed by atoms with Crippen LogP contribution in [0.4, 0.5) is 8.78 Å². The first-order valence-electron chi connectivity index (χ1n) is 11.2. The van der Waals surface area contributed by atoms with Crippen LogP contribution >= 0.6 is 0 Å². The first-order valence-corrected chi connectivity index (χ1v) is 11.2. The molecule has 2 aromatic rings. The lowest BCUT2D eigenvalue weighted by molar-refractivity contribution is -0.117. The van der Waals surface area contributed by atoms with E-state index < -0.39 is 46.3 Å². The van der Waals surface area contributed by atoms with Gasteiger partial charge in [0.1, 0.15) is 22.9 Å². The molecule has 10 heteroatoms. The van der Waals surface area contributed by atoms with Gasteiger partial charge in [0.25, 0.3) is 5.91 Å². The number of nitrogens with zero attached hydrogens (tertiary/aromatic N) is 1. The van der Waals surface area contributed by atoms with Crippen molar-refractivity contribution in [3.05, 3.63) is 63.1 Å². The normalized spacial score (nSPS) is 20.5. The van der Waals surface area contributed by atoms with Crippen LogP contribution < -0.4 is 15.5 Å². The highest BCUT2D eigenvalue weighted by molar-refractivity contribution is 6.04. The summed E-state index contributed by atoms with van der Waals surface area (Å²) in [6, 6.07) is 2.86. The summed E-state index contributed by atoms with van der Waals surface area (Å²) in [5.74, 6) is -3.57. The van der Waals surface area contributed by atoms with E-state index in [1.807, 2.05) is 0 Å². The van der Waals surface area contributed by atoms with Gasteiger partial charge in [-0.2, -0.15) is 0 Å². The molecule has 186 valence electrons. The topological polar surface area (TPSA) is 104 Å². The molecule has 1 saturated heterocycles. The Hall–Kier alpha value is -3.40. The zero-order valence-corrected chi connectivity index (χ0v) is 19.7. The van der Waals surface area contributed by atoms with Crippen LogP contribution in [0.15, 0.2) is 29.2 Å². The molecule has 2 aliphatic rings. The molecule has 2 aliphatic heterocycles.